The molecule has 1 aliphatic heterocycles. The van der Waals surface area contributed by atoms with Gasteiger partial charge in [-0.2, -0.15) is 0 Å². The first-order valence-electron chi connectivity index (χ1n) is 14.2. The van der Waals surface area contributed by atoms with E-state index in [4.69, 9.17) is 10.5 Å². The molecule has 1 fully saturated rings. The summed E-state index contributed by atoms with van der Waals surface area (Å²) in [5.74, 6) is -5.49. The predicted molar refractivity (Wildman–Crippen MR) is 151 cm³/mol. The minimum Gasteiger partial charge on any atom is -0.511 e. The number of ether oxygens (including phenoxy) is 1. The summed E-state index contributed by atoms with van der Waals surface area (Å²) >= 11 is 0. The van der Waals surface area contributed by atoms with Gasteiger partial charge in [0.25, 0.3) is 5.91 Å². The molecule has 0 saturated carbocycles. The Morgan fingerprint density at radius 1 is 1.07 bits per heavy atom. The fourth-order valence-corrected chi connectivity index (χ4v) is 7.49. The molecule has 6 rings (SSSR count). The number of methoxy groups -OCH3 is 1. The van der Waals surface area contributed by atoms with E-state index in [1.165, 1.54) is 18.7 Å². The number of aliphatic hydroxyl groups excluding tert-OH is 2. The number of primary amides is 1. The lowest BCUT2D eigenvalue weighted by Gasteiger charge is -2.45. The van der Waals surface area contributed by atoms with E-state index in [9.17, 15) is 34.8 Å². The average Bonchev–Trinajstić information content (AvgIpc) is 2.95. The topological polar surface area (TPSA) is 171 Å². The number of likely N-dealkylation sites (tertiary alicyclic amines) is 1. The standard InChI is InChI=1S/C32H34N2O8/c1-42-28-19(15-34-9-7-17(8-10-34)16-5-3-2-4-6-16)13-22(35)25-21(28)12-18-11-20-14-23(36)26(31(33)40)30(39)32(20,41)29(38)24(18)27(25)37/h2-6,13,17-18,20,35-36,38,41H,7-12,14-15H2,1H3,(H2,33,40)/t18?,20-,32-/m0/s1. The highest BCUT2D eigenvalue weighted by Gasteiger charge is 2.59. The van der Waals surface area contributed by atoms with Crippen molar-refractivity contribution in [1.29, 1.82) is 0 Å². The van der Waals surface area contributed by atoms with E-state index < -0.39 is 52.0 Å². The molecule has 3 aliphatic carbocycles. The quantitative estimate of drug-likeness (QED) is 0.337. The highest BCUT2D eigenvalue weighted by atomic mass is 16.5. The molecule has 2 aromatic carbocycles. The summed E-state index contributed by atoms with van der Waals surface area (Å²) in [4.78, 5) is 41.1. The van der Waals surface area contributed by atoms with Crippen LogP contribution in [0.5, 0.6) is 11.5 Å². The lowest BCUT2D eigenvalue weighted by atomic mass is 9.60. The van der Waals surface area contributed by atoms with Crippen LogP contribution in [0, 0.1) is 11.8 Å². The number of carbonyl (C=O) groups is 3. The zero-order valence-corrected chi connectivity index (χ0v) is 23.3. The van der Waals surface area contributed by atoms with Crippen LogP contribution < -0.4 is 10.5 Å². The molecule has 4 aliphatic rings. The molecule has 0 aromatic heterocycles. The van der Waals surface area contributed by atoms with Crippen molar-refractivity contribution in [2.45, 2.75) is 50.2 Å². The number of aromatic hydroxyl groups is 1. The molecule has 2 aromatic rings. The second kappa shape index (κ2) is 10.3. The lowest BCUT2D eigenvalue weighted by Crippen LogP contribution is -2.57. The fourth-order valence-electron chi connectivity index (χ4n) is 7.49. The van der Waals surface area contributed by atoms with Gasteiger partial charge >= 0.3 is 0 Å². The summed E-state index contributed by atoms with van der Waals surface area (Å²) in [6.07, 6.45) is 2.01. The molecule has 42 heavy (non-hydrogen) atoms. The van der Waals surface area contributed by atoms with E-state index in [1.807, 2.05) is 6.07 Å². The van der Waals surface area contributed by atoms with E-state index in [-0.39, 0.29) is 36.1 Å². The predicted octanol–water partition coefficient (Wildman–Crippen LogP) is 2.97. The van der Waals surface area contributed by atoms with Gasteiger partial charge in [0.15, 0.2) is 11.4 Å². The van der Waals surface area contributed by atoms with Crippen LogP contribution in [0.25, 0.3) is 0 Å². The maximum absolute atomic E-state index is 13.8. The van der Waals surface area contributed by atoms with Crippen molar-refractivity contribution < 1.29 is 39.5 Å². The number of hydrogen-bond donors (Lipinski definition) is 5. The van der Waals surface area contributed by atoms with Crippen molar-refractivity contribution in [2.24, 2.45) is 17.6 Å². The molecule has 6 N–H and O–H groups in total. The maximum Gasteiger partial charge on any atom is 0.255 e. The first-order chi connectivity index (χ1) is 20.1. The number of nitrogens with two attached hydrogens (primary N) is 1. The molecule has 220 valence electrons. The molecule has 0 bridgehead atoms. The monoisotopic (exact) mass is 574 g/mol. The summed E-state index contributed by atoms with van der Waals surface area (Å²) in [5.41, 5.74) is 4.23. The largest absolute Gasteiger partial charge is 0.511 e. The van der Waals surface area contributed by atoms with Crippen molar-refractivity contribution in [2.75, 3.05) is 20.2 Å². The average molecular weight is 575 g/mol. The van der Waals surface area contributed by atoms with Gasteiger partial charge in [-0.1, -0.05) is 30.3 Å². The summed E-state index contributed by atoms with van der Waals surface area (Å²) in [6.45, 7) is 2.24. The number of carbonyl (C=O) groups excluding carboxylic acids is 3. The highest BCUT2D eigenvalue weighted by molar-refractivity contribution is 6.24. The first-order valence-corrected chi connectivity index (χ1v) is 14.2. The van der Waals surface area contributed by atoms with Crippen molar-refractivity contribution in [3.05, 3.63) is 81.3 Å². The number of allylic oxidation sites excluding steroid dienone is 2. The van der Waals surface area contributed by atoms with Crippen molar-refractivity contribution in [1.82, 2.24) is 4.90 Å². The summed E-state index contributed by atoms with van der Waals surface area (Å²) in [7, 11) is 1.51. The van der Waals surface area contributed by atoms with Crippen LogP contribution in [0.15, 0.2) is 59.1 Å². The van der Waals surface area contributed by atoms with Crippen LogP contribution >= 0.6 is 0 Å². The summed E-state index contributed by atoms with van der Waals surface area (Å²) in [5, 5.41) is 44.1. The van der Waals surface area contributed by atoms with Crippen LogP contribution in [0.2, 0.25) is 0 Å². The summed E-state index contributed by atoms with van der Waals surface area (Å²) < 4.78 is 5.82. The Hall–Kier alpha value is -4.15. The number of rotatable bonds is 5. The number of Topliss-reactive ketones (excluding diaryl/α,β-unsaturated/α-hetero) is 2. The molecule has 1 unspecified atom stereocenters. The Morgan fingerprint density at radius 3 is 2.40 bits per heavy atom. The van der Waals surface area contributed by atoms with Gasteiger partial charge in [-0.3, -0.25) is 19.3 Å². The number of benzene rings is 2. The van der Waals surface area contributed by atoms with Crippen molar-refractivity contribution >= 4 is 17.5 Å². The molecule has 10 heteroatoms. The maximum atomic E-state index is 13.8. The minimum absolute atomic E-state index is 0.0463. The number of nitrogens with zero attached hydrogens (tertiary/aromatic N) is 1. The molecule has 1 saturated heterocycles. The third kappa shape index (κ3) is 4.20. The number of hydrogen-bond acceptors (Lipinski definition) is 9. The Morgan fingerprint density at radius 2 is 1.76 bits per heavy atom. The Balaban J connectivity index is 1.31. The molecule has 10 nitrogen and oxygen atoms in total. The molecule has 0 radical (unpaired) electrons. The van der Waals surface area contributed by atoms with Gasteiger partial charge in [0.1, 0.15) is 28.6 Å². The first kappa shape index (κ1) is 28.0. The smallest absolute Gasteiger partial charge is 0.255 e. The van der Waals surface area contributed by atoms with Gasteiger partial charge in [0.2, 0.25) is 5.78 Å². The minimum atomic E-state index is -2.58. The molecular weight excluding hydrogens is 540 g/mol. The molecule has 1 amide bonds. The molecule has 3 atom stereocenters. The normalized spacial score (nSPS) is 26.5. The van der Waals surface area contributed by atoms with Gasteiger partial charge < -0.3 is 30.9 Å². The van der Waals surface area contributed by atoms with E-state index in [0.717, 1.165) is 31.5 Å². The molecular formula is C32H34N2O8. The number of aliphatic hydroxyl groups is 3. The zero-order valence-electron chi connectivity index (χ0n) is 23.3. The second-order valence-electron chi connectivity index (χ2n) is 11.8. The third-order valence-electron chi connectivity index (χ3n) is 9.55. The van der Waals surface area contributed by atoms with E-state index >= 15 is 0 Å². The SMILES string of the molecule is COc1c(CN2CCC(c3ccccc3)CC2)cc(O)c2c1CC1C[C@H]3CC(O)=C(C(N)=O)C(=O)[C@@]3(O)C(O)=C1C2=O. The van der Waals surface area contributed by atoms with Gasteiger partial charge in [0, 0.05) is 35.6 Å². The van der Waals surface area contributed by atoms with Gasteiger partial charge in [-0.15, -0.1) is 0 Å². The van der Waals surface area contributed by atoms with E-state index in [1.54, 1.807) is 0 Å². The Bertz CT molecular complexity index is 1550. The summed E-state index contributed by atoms with van der Waals surface area (Å²) in [6, 6.07) is 12.0. The second-order valence-corrected chi connectivity index (χ2v) is 11.8. The number of fused-ring (bicyclic) bond motifs is 3. The third-order valence-corrected chi connectivity index (χ3v) is 9.55. The van der Waals surface area contributed by atoms with Crippen LogP contribution in [-0.2, 0) is 22.6 Å². The lowest BCUT2D eigenvalue weighted by molar-refractivity contribution is -0.144. The fraction of sp³-hybridized carbons (Fsp3) is 0.406. The van der Waals surface area contributed by atoms with Crippen LogP contribution in [0.3, 0.4) is 0 Å². The van der Waals surface area contributed by atoms with Crippen molar-refractivity contribution in [3.63, 3.8) is 0 Å². The van der Waals surface area contributed by atoms with Gasteiger partial charge in [-0.25, -0.2) is 0 Å². The zero-order chi connectivity index (χ0) is 29.9. The van der Waals surface area contributed by atoms with E-state index in [0.29, 0.717) is 23.8 Å². The van der Waals surface area contributed by atoms with Gasteiger partial charge in [-0.05, 0) is 62.2 Å². The number of phenols is 1. The molecule has 1 heterocycles. The van der Waals surface area contributed by atoms with Crippen molar-refractivity contribution in [3.8, 4) is 11.5 Å². The van der Waals surface area contributed by atoms with E-state index in [2.05, 4.69) is 29.2 Å². The van der Waals surface area contributed by atoms with Crippen LogP contribution in [0.4, 0.5) is 0 Å². The molecule has 0 spiro atoms. The van der Waals surface area contributed by atoms with Crippen LogP contribution in [0.1, 0.15) is 58.6 Å². The van der Waals surface area contributed by atoms with Crippen LogP contribution in [-0.4, -0.2) is 68.6 Å². The number of amides is 1. The van der Waals surface area contributed by atoms with Gasteiger partial charge in [0.05, 0.1) is 12.7 Å². The Kier molecular flexibility index (Phi) is 6.86. The Labute approximate surface area is 242 Å². The number of piperidine rings is 1. The highest BCUT2D eigenvalue weighted by Crippen LogP contribution is 2.53. The number of phenolic OH excluding ortho intramolecular Hbond substituents is 1. The number of ketones is 2.